The Hall–Kier alpha value is -3.19. The summed E-state index contributed by atoms with van der Waals surface area (Å²) in [5.74, 6) is -2.56. The molecule has 144 valence electrons. The fourth-order valence-corrected chi connectivity index (χ4v) is 4.21. The van der Waals surface area contributed by atoms with Crippen LogP contribution < -0.4 is 4.74 Å². The first-order chi connectivity index (χ1) is 13.4. The van der Waals surface area contributed by atoms with E-state index in [4.69, 9.17) is 9.84 Å². The normalized spacial score (nSPS) is 17.6. The van der Waals surface area contributed by atoms with Gasteiger partial charge in [-0.15, -0.1) is 0 Å². The molecule has 7 heteroatoms. The monoisotopic (exact) mass is 382 g/mol. The van der Waals surface area contributed by atoms with Crippen LogP contribution in [0.4, 0.5) is 0 Å². The molecule has 0 heterocycles. The van der Waals surface area contributed by atoms with Gasteiger partial charge >= 0.3 is 0 Å². The average Bonchev–Trinajstić information content (AvgIpc) is 2.72. The highest BCUT2D eigenvalue weighted by atomic mass is 16.5. The number of carbonyl (C=O) groups is 3. The molecule has 0 aliphatic heterocycles. The van der Waals surface area contributed by atoms with E-state index in [2.05, 4.69) is 0 Å². The Morgan fingerprint density at radius 3 is 2.43 bits per heavy atom. The van der Waals surface area contributed by atoms with Gasteiger partial charge in [-0.1, -0.05) is 12.1 Å². The topological polar surface area (TPSA) is 121 Å². The molecule has 0 amide bonds. The second-order valence-electron chi connectivity index (χ2n) is 7.01. The minimum Gasteiger partial charge on any atom is -0.507 e. The fraction of sp³-hybridized carbons (Fsp3) is 0.286. The molecular formula is C21H18O7. The second-order valence-corrected chi connectivity index (χ2v) is 7.01. The van der Waals surface area contributed by atoms with Crippen molar-refractivity contribution in [3.8, 4) is 17.2 Å². The SMILES string of the molecule is COc1cccc2c1C(=O)c1c(O)c3c(c(O)c1C2=O)C[C@H](C(=O)CO)CC3. The van der Waals surface area contributed by atoms with E-state index in [0.29, 0.717) is 12.0 Å². The lowest BCUT2D eigenvalue weighted by Gasteiger charge is -2.29. The fourth-order valence-electron chi connectivity index (χ4n) is 4.21. The Kier molecular flexibility index (Phi) is 4.19. The number of methoxy groups -OCH3 is 1. The third kappa shape index (κ3) is 2.36. The van der Waals surface area contributed by atoms with Crippen LogP contribution in [0.25, 0.3) is 0 Å². The van der Waals surface area contributed by atoms with Crippen LogP contribution in [0.2, 0.25) is 0 Å². The summed E-state index contributed by atoms with van der Waals surface area (Å²) >= 11 is 0. The molecule has 0 radical (unpaired) electrons. The van der Waals surface area contributed by atoms with E-state index in [-0.39, 0.29) is 63.7 Å². The number of rotatable bonds is 3. The van der Waals surface area contributed by atoms with Crippen molar-refractivity contribution in [1.29, 1.82) is 0 Å². The maximum absolute atomic E-state index is 13.1. The van der Waals surface area contributed by atoms with Gasteiger partial charge in [0.2, 0.25) is 5.78 Å². The molecule has 2 aromatic carbocycles. The standard InChI is InChI=1S/C21H18O7/c1-28-14-4-2-3-11-15(14)21(27)17-16(19(11)25)20(26)12-7-9(13(23)8-22)5-6-10(12)18(17)24/h2-4,9,22,24,26H,5-8H2,1H3/t9-/m1/s1. The van der Waals surface area contributed by atoms with Crippen LogP contribution in [0.5, 0.6) is 17.2 Å². The van der Waals surface area contributed by atoms with Gasteiger partial charge in [0, 0.05) is 22.6 Å². The van der Waals surface area contributed by atoms with Gasteiger partial charge in [-0.05, 0) is 25.3 Å². The summed E-state index contributed by atoms with van der Waals surface area (Å²) in [4.78, 5) is 38.1. The molecule has 0 unspecified atom stereocenters. The molecule has 7 nitrogen and oxygen atoms in total. The van der Waals surface area contributed by atoms with Crippen molar-refractivity contribution < 1.29 is 34.4 Å². The molecule has 0 bridgehead atoms. The quantitative estimate of drug-likeness (QED) is 0.588. The highest BCUT2D eigenvalue weighted by Gasteiger charge is 2.40. The number of carbonyl (C=O) groups excluding carboxylic acids is 3. The van der Waals surface area contributed by atoms with Gasteiger partial charge in [0.25, 0.3) is 0 Å². The number of benzene rings is 2. The van der Waals surface area contributed by atoms with E-state index in [0.717, 1.165) is 0 Å². The zero-order chi connectivity index (χ0) is 20.2. The first-order valence-electron chi connectivity index (χ1n) is 8.90. The zero-order valence-electron chi connectivity index (χ0n) is 15.1. The molecule has 0 fully saturated rings. The number of Topliss-reactive ketones (excluding diaryl/α,β-unsaturated/α-hetero) is 1. The van der Waals surface area contributed by atoms with Crippen molar-refractivity contribution in [2.24, 2.45) is 5.92 Å². The van der Waals surface area contributed by atoms with E-state index in [1.54, 1.807) is 12.1 Å². The summed E-state index contributed by atoms with van der Waals surface area (Å²) < 4.78 is 5.20. The van der Waals surface area contributed by atoms with Crippen LogP contribution in [0, 0.1) is 5.92 Å². The number of aromatic hydroxyl groups is 2. The molecule has 0 saturated heterocycles. The lowest BCUT2D eigenvalue weighted by atomic mass is 9.75. The predicted octanol–water partition coefficient (Wildman–Crippen LogP) is 1.55. The zero-order valence-corrected chi connectivity index (χ0v) is 15.1. The van der Waals surface area contributed by atoms with Gasteiger partial charge in [-0.25, -0.2) is 0 Å². The summed E-state index contributed by atoms with van der Waals surface area (Å²) in [7, 11) is 1.38. The van der Waals surface area contributed by atoms with Crippen molar-refractivity contribution in [1.82, 2.24) is 0 Å². The van der Waals surface area contributed by atoms with E-state index < -0.39 is 24.1 Å². The number of aliphatic hydroxyl groups is 1. The molecule has 0 saturated carbocycles. The summed E-state index contributed by atoms with van der Waals surface area (Å²) in [5, 5.41) is 30.7. The van der Waals surface area contributed by atoms with E-state index >= 15 is 0 Å². The highest BCUT2D eigenvalue weighted by Crippen LogP contribution is 2.47. The number of phenols is 2. The molecule has 2 aliphatic carbocycles. The van der Waals surface area contributed by atoms with Crippen molar-refractivity contribution in [3.05, 3.63) is 51.6 Å². The minimum absolute atomic E-state index is 0.0568. The van der Waals surface area contributed by atoms with Crippen LogP contribution >= 0.6 is 0 Å². The number of aliphatic hydroxyl groups excluding tert-OH is 1. The van der Waals surface area contributed by atoms with Crippen molar-refractivity contribution in [2.75, 3.05) is 13.7 Å². The minimum atomic E-state index is -0.609. The Morgan fingerprint density at radius 2 is 1.75 bits per heavy atom. The number of hydrogen-bond donors (Lipinski definition) is 3. The summed E-state index contributed by atoms with van der Waals surface area (Å²) in [6, 6.07) is 4.59. The molecule has 1 atom stereocenters. The largest absolute Gasteiger partial charge is 0.507 e. The van der Waals surface area contributed by atoms with Crippen molar-refractivity contribution >= 4 is 17.3 Å². The van der Waals surface area contributed by atoms with Crippen molar-refractivity contribution in [2.45, 2.75) is 19.3 Å². The lowest BCUT2D eigenvalue weighted by molar-refractivity contribution is -0.125. The average molecular weight is 382 g/mol. The molecule has 3 N–H and O–H groups in total. The van der Waals surface area contributed by atoms with Gasteiger partial charge in [-0.2, -0.15) is 0 Å². The van der Waals surface area contributed by atoms with Gasteiger partial charge in [0.15, 0.2) is 11.6 Å². The Morgan fingerprint density at radius 1 is 1.07 bits per heavy atom. The van der Waals surface area contributed by atoms with Crippen LogP contribution in [0.15, 0.2) is 18.2 Å². The molecule has 4 rings (SSSR count). The first kappa shape index (κ1) is 18.2. The van der Waals surface area contributed by atoms with Gasteiger partial charge in [-0.3, -0.25) is 14.4 Å². The maximum Gasteiger partial charge on any atom is 0.202 e. The molecular weight excluding hydrogens is 364 g/mol. The Balaban J connectivity index is 1.95. The number of fused-ring (bicyclic) bond motifs is 3. The van der Waals surface area contributed by atoms with Crippen LogP contribution in [-0.4, -0.2) is 46.4 Å². The summed E-state index contributed by atoms with van der Waals surface area (Å²) in [6.07, 6.45) is 0.715. The smallest absolute Gasteiger partial charge is 0.202 e. The van der Waals surface area contributed by atoms with Crippen LogP contribution in [-0.2, 0) is 17.6 Å². The third-order valence-electron chi connectivity index (χ3n) is 5.64. The van der Waals surface area contributed by atoms with Crippen molar-refractivity contribution in [3.63, 3.8) is 0 Å². The van der Waals surface area contributed by atoms with Crippen LogP contribution in [0.3, 0.4) is 0 Å². The number of ether oxygens (including phenoxy) is 1. The molecule has 28 heavy (non-hydrogen) atoms. The first-order valence-corrected chi connectivity index (χ1v) is 8.90. The van der Waals surface area contributed by atoms with Gasteiger partial charge < -0.3 is 20.1 Å². The molecule has 0 aromatic heterocycles. The molecule has 2 aromatic rings. The number of ketones is 3. The predicted molar refractivity (Wildman–Crippen MR) is 97.2 cm³/mol. The Bertz CT molecular complexity index is 1050. The van der Waals surface area contributed by atoms with Crippen LogP contribution in [0.1, 0.15) is 49.4 Å². The Labute approximate surface area is 160 Å². The number of hydrogen-bond acceptors (Lipinski definition) is 7. The van der Waals surface area contributed by atoms with E-state index in [1.807, 2.05) is 0 Å². The molecule has 2 aliphatic rings. The number of phenolic OH excluding ortho intramolecular Hbond substituents is 2. The third-order valence-corrected chi connectivity index (χ3v) is 5.64. The summed E-state index contributed by atoms with van der Waals surface area (Å²) in [5.41, 5.74) is 0.301. The summed E-state index contributed by atoms with van der Waals surface area (Å²) in [6.45, 7) is -0.609. The second kappa shape index (κ2) is 6.45. The maximum atomic E-state index is 13.1. The lowest BCUT2D eigenvalue weighted by Crippen LogP contribution is -2.28. The highest BCUT2D eigenvalue weighted by molar-refractivity contribution is 6.31. The van der Waals surface area contributed by atoms with E-state index in [9.17, 15) is 24.6 Å². The van der Waals surface area contributed by atoms with E-state index in [1.165, 1.54) is 13.2 Å². The van der Waals surface area contributed by atoms with Gasteiger partial charge in [0.1, 0.15) is 23.9 Å². The molecule has 0 spiro atoms. The van der Waals surface area contributed by atoms with Gasteiger partial charge in [0.05, 0.1) is 23.8 Å².